The average Bonchev–Trinajstić information content (AvgIpc) is 2.91. The fourth-order valence-corrected chi connectivity index (χ4v) is 4.28. The zero-order valence-electron chi connectivity index (χ0n) is 21.0. The minimum atomic E-state index is -4.81. The molecule has 0 bridgehead atoms. The van der Waals surface area contributed by atoms with E-state index in [9.17, 15) is 27.9 Å². The van der Waals surface area contributed by atoms with Gasteiger partial charge in [-0.1, -0.05) is 23.7 Å². The minimum Gasteiger partial charge on any atom is -0.478 e. The number of halogens is 4. The minimum absolute atomic E-state index is 0.125. The first-order valence-corrected chi connectivity index (χ1v) is 12.6. The lowest BCUT2D eigenvalue weighted by Gasteiger charge is -2.12. The van der Waals surface area contributed by atoms with Crippen LogP contribution >= 0.6 is 11.6 Å². The Morgan fingerprint density at radius 3 is 2.58 bits per heavy atom. The molecular formula is C27H25ClF3N5O4. The lowest BCUT2D eigenvalue weighted by Crippen LogP contribution is -2.28. The third kappa shape index (κ3) is 7.70. The molecule has 2 aromatic heterocycles. The number of aromatic nitrogens is 2. The van der Waals surface area contributed by atoms with Gasteiger partial charge in [-0.15, -0.1) is 13.2 Å². The molecule has 0 atom stereocenters. The van der Waals surface area contributed by atoms with Gasteiger partial charge in [0.2, 0.25) is 5.91 Å². The van der Waals surface area contributed by atoms with Crippen molar-refractivity contribution in [1.82, 2.24) is 20.6 Å². The van der Waals surface area contributed by atoms with E-state index in [1.54, 1.807) is 24.5 Å². The second-order valence-corrected chi connectivity index (χ2v) is 9.20. The zero-order chi connectivity index (χ0) is 28.7. The lowest BCUT2D eigenvalue weighted by molar-refractivity contribution is -0.274. The molecule has 4 rings (SSSR count). The Labute approximate surface area is 231 Å². The van der Waals surface area contributed by atoms with E-state index in [1.165, 1.54) is 30.3 Å². The molecule has 4 N–H and O–H groups in total. The standard InChI is InChI=1S/C27H25ClF3N5O4/c28-21-12-16(2-5-23(21)40-27(29,30)31)14-32-8-1-9-34-24(37)7-11-35-25-19-6-10-33-15-20(19)18-4-3-17(26(38)39)13-22(18)36-25/h2-6,10,12-13,15,32H,1,7-9,11,14H2,(H,34,37)(H,35,36)(H,38,39). The number of carbonyl (C=O) groups is 2. The fraction of sp³-hybridized carbons (Fsp3) is 0.259. The van der Waals surface area contributed by atoms with Crippen molar-refractivity contribution in [3.8, 4) is 5.75 Å². The van der Waals surface area contributed by atoms with Gasteiger partial charge in [-0.05, 0) is 48.9 Å². The van der Waals surface area contributed by atoms with E-state index in [4.69, 9.17) is 11.6 Å². The summed E-state index contributed by atoms with van der Waals surface area (Å²) in [5.41, 5.74) is 1.33. The number of hydrogen-bond acceptors (Lipinski definition) is 7. The molecule has 0 saturated heterocycles. The van der Waals surface area contributed by atoms with Gasteiger partial charge >= 0.3 is 12.3 Å². The molecule has 0 fully saturated rings. The van der Waals surface area contributed by atoms with Crippen LogP contribution in [0.5, 0.6) is 5.75 Å². The molecule has 13 heteroatoms. The van der Waals surface area contributed by atoms with Crippen molar-refractivity contribution >= 4 is 51.0 Å². The lowest BCUT2D eigenvalue weighted by atomic mass is 10.1. The van der Waals surface area contributed by atoms with Gasteiger partial charge in [0, 0.05) is 54.6 Å². The molecule has 2 heterocycles. The van der Waals surface area contributed by atoms with E-state index in [2.05, 4.69) is 30.7 Å². The van der Waals surface area contributed by atoms with E-state index >= 15 is 0 Å². The van der Waals surface area contributed by atoms with Gasteiger partial charge in [-0.3, -0.25) is 9.78 Å². The van der Waals surface area contributed by atoms with Crippen LogP contribution in [0.3, 0.4) is 0 Å². The highest BCUT2D eigenvalue weighted by Crippen LogP contribution is 2.31. The van der Waals surface area contributed by atoms with Crippen molar-refractivity contribution in [1.29, 1.82) is 0 Å². The molecule has 210 valence electrons. The van der Waals surface area contributed by atoms with Crippen LogP contribution in [0.1, 0.15) is 28.8 Å². The van der Waals surface area contributed by atoms with Crippen LogP contribution in [-0.4, -0.2) is 52.9 Å². The summed E-state index contributed by atoms with van der Waals surface area (Å²) in [6, 6.07) is 10.6. The number of benzene rings is 2. The van der Waals surface area contributed by atoms with Crippen molar-refractivity contribution in [3.63, 3.8) is 0 Å². The van der Waals surface area contributed by atoms with Crippen molar-refractivity contribution in [2.24, 2.45) is 0 Å². The van der Waals surface area contributed by atoms with Gasteiger partial charge in [0.05, 0.1) is 16.1 Å². The van der Waals surface area contributed by atoms with E-state index in [1.807, 2.05) is 0 Å². The van der Waals surface area contributed by atoms with Gasteiger partial charge in [-0.25, -0.2) is 9.78 Å². The summed E-state index contributed by atoms with van der Waals surface area (Å²) in [6.07, 6.45) is -0.647. The number of amides is 1. The number of carbonyl (C=O) groups excluding carboxylic acids is 1. The summed E-state index contributed by atoms with van der Waals surface area (Å²) in [4.78, 5) is 32.4. The van der Waals surface area contributed by atoms with Crippen LogP contribution in [0.4, 0.5) is 19.0 Å². The summed E-state index contributed by atoms with van der Waals surface area (Å²) < 4.78 is 40.9. The molecule has 2 aromatic carbocycles. The second kappa shape index (κ2) is 12.8. The Hall–Kier alpha value is -4.16. The van der Waals surface area contributed by atoms with E-state index in [0.717, 1.165) is 16.2 Å². The fourth-order valence-electron chi connectivity index (χ4n) is 4.03. The van der Waals surface area contributed by atoms with Crippen LogP contribution in [0.15, 0.2) is 54.9 Å². The first-order valence-electron chi connectivity index (χ1n) is 12.3. The van der Waals surface area contributed by atoms with Gasteiger partial charge in [-0.2, -0.15) is 0 Å². The summed E-state index contributed by atoms with van der Waals surface area (Å²) in [5, 5.41) is 20.7. The quantitative estimate of drug-likeness (QED) is 0.135. The van der Waals surface area contributed by atoms with Crippen LogP contribution in [0.25, 0.3) is 21.7 Å². The predicted molar refractivity (Wildman–Crippen MR) is 145 cm³/mol. The topological polar surface area (TPSA) is 125 Å². The maximum atomic E-state index is 12.3. The number of carboxylic acid groups (broad SMARTS) is 1. The number of hydrogen-bond donors (Lipinski definition) is 4. The van der Waals surface area contributed by atoms with Gasteiger partial charge in [0.1, 0.15) is 11.6 Å². The predicted octanol–water partition coefficient (Wildman–Crippen LogP) is 5.13. The Kier molecular flexibility index (Phi) is 9.22. The molecule has 9 nitrogen and oxygen atoms in total. The first kappa shape index (κ1) is 28.8. The van der Waals surface area contributed by atoms with Crippen molar-refractivity contribution in [3.05, 3.63) is 71.0 Å². The number of alkyl halides is 3. The highest BCUT2D eigenvalue weighted by molar-refractivity contribution is 6.32. The van der Waals surface area contributed by atoms with E-state index in [-0.39, 0.29) is 22.9 Å². The molecule has 0 aliphatic rings. The number of ether oxygens (including phenoxy) is 1. The number of fused-ring (bicyclic) bond motifs is 3. The van der Waals surface area contributed by atoms with Crippen molar-refractivity contribution in [2.75, 3.05) is 25.0 Å². The highest BCUT2D eigenvalue weighted by Gasteiger charge is 2.32. The highest BCUT2D eigenvalue weighted by atomic mass is 35.5. The number of rotatable bonds is 12. The Morgan fingerprint density at radius 1 is 1.00 bits per heavy atom. The SMILES string of the molecule is O=C(CCNc1nc2cc(C(=O)O)ccc2c2cnccc12)NCCCNCc1ccc(OC(F)(F)F)c(Cl)c1. The smallest absolute Gasteiger partial charge is 0.478 e. The molecule has 0 aliphatic carbocycles. The molecular weight excluding hydrogens is 551 g/mol. The van der Waals surface area contributed by atoms with E-state index < -0.39 is 18.1 Å². The normalized spacial score (nSPS) is 11.5. The number of nitrogens with one attached hydrogen (secondary N) is 3. The number of nitrogens with zero attached hydrogens (tertiary/aromatic N) is 2. The molecule has 4 aromatic rings. The molecule has 1 amide bonds. The first-order chi connectivity index (χ1) is 19.1. The average molecular weight is 576 g/mol. The monoisotopic (exact) mass is 575 g/mol. The molecule has 0 radical (unpaired) electrons. The van der Waals surface area contributed by atoms with Gasteiger partial charge in [0.25, 0.3) is 0 Å². The molecule has 0 aliphatic heterocycles. The number of pyridine rings is 2. The largest absolute Gasteiger partial charge is 0.573 e. The van der Waals surface area contributed by atoms with Crippen LogP contribution < -0.4 is 20.7 Å². The summed E-state index contributed by atoms with van der Waals surface area (Å²) in [5.74, 6) is -1.12. The van der Waals surface area contributed by atoms with Crippen LogP contribution in [0, 0.1) is 0 Å². The van der Waals surface area contributed by atoms with Gasteiger partial charge < -0.3 is 25.8 Å². The third-order valence-corrected chi connectivity index (χ3v) is 6.19. The van der Waals surface area contributed by atoms with Crippen LogP contribution in [-0.2, 0) is 11.3 Å². The Balaban J connectivity index is 1.21. The third-order valence-electron chi connectivity index (χ3n) is 5.89. The van der Waals surface area contributed by atoms with Gasteiger partial charge in [0.15, 0.2) is 0 Å². The second-order valence-electron chi connectivity index (χ2n) is 8.79. The van der Waals surface area contributed by atoms with Crippen LogP contribution in [0.2, 0.25) is 5.02 Å². The zero-order valence-corrected chi connectivity index (χ0v) is 21.8. The van der Waals surface area contributed by atoms with Crippen molar-refractivity contribution < 1.29 is 32.6 Å². The maximum Gasteiger partial charge on any atom is 0.573 e. The molecule has 40 heavy (non-hydrogen) atoms. The summed E-state index contributed by atoms with van der Waals surface area (Å²) in [6.45, 7) is 1.70. The van der Waals surface area contributed by atoms with E-state index in [0.29, 0.717) is 49.5 Å². The molecule has 0 unspecified atom stereocenters. The summed E-state index contributed by atoms with van der Waals surface area (Å²) in [7, 11) is 0. The number of carboxylic acids is 1. The Morgan fingerprint density at radius 2 is 1.82 bits per heavy atom. The molecule has 0 saturated carbocycles. The number of anilines is 1. The Bertz CT molecular complexity index is 1530. The summed E-state index contributed by atoms with van der Waals surface area (Å²) >= 11 is 5.85. The number of aromatic carboxylic acids is 1. The maximum absolute atomic E-state index is 12.3. The molecule has 0 spiro atoms. The van der Waals surface area contributed by atoms with Crippen molar-refractivity contribution in [2.45, 2.75) is 25.7 Å².